The molecule has 0 spiro atoms. The minimum absolute atomic E-state index is 0.0153. The lowest BCUT2D eigenvalue weighted by Gasteiger charge is -2.11. The van der Waals surface area contributed by atoms with Gasteiger partial charge >= 0.3 is 11.9 Å². The van der Waals surface area contributed by atoms with E-state index in [1.54, 1.807) is 72.8 Å². The predicted octanol–water partition coefficient (Wildman–Crippen LogP) is 5.27. The molecule has 0 heterocycles. The van der Waals surface area contributed by atoms with Gasteiger partial charge in [0.25, 0.3) is 5.91 Å². The normalized spacial score (nSPS) is 10.6. The first kappa shape index (κ1) is 26.8. The highest BCUT2D eigenvalue weighted by atomic mass is 16.6. The molecule has 0 aromatic heterocycles. The Hall–Kier alpha value is -5.24. The van der Waals surface area contributed by atoms with Crippen LogP contribution in [-0.2, 0) is 4.79 Å². The molecule has 0 aliphatic carbocycles. The van der Waals surface area contributed by atoms with Gasteiger partial charge in [-0.05, 0) is 85.1 Å². The molecule has 1 amide bonds. The molecule has 39 heavy (non-hydrogen) atoms. The van der Waals surface area contributed by atoms with Gasteiger partial charge in [-0.3, -0.25) is 4.79 Å². The fourth-order valence-electron chi connectivity index (χ4n) is 3.40. The predicted molar refractivity (Wildman–Crippen MR) is 146 cm³/mol. The van der Waals surface area contributed by atoms with Crippen LogP contribution in [-0.4, -0.2) is 30.7 Å². The van der Waals surface area contributed by atoms with Crippen LogP contribution in [0.15, 0.2) is 102 Å². The van der Waals surface area contributed by atoms with Crippen LogP contribution in [0.2, 0.25) is 0 Å². The molecule has 0 saturated heterocycles. The Labute approximate surface area is 225 Å². The minimum Gasteiger partial charge on any atom is -0.484 e. The number of nitrogens with one attached hydrogen (secondary N) is 1. The highest BCUT2D eigenvalue weighted by Gasteiger charge is 2.17. The van der Waals surface area contributed by atoms with Crippen molar-refractivity contribution in [1.29, 1.82) is 0 Å². The Morgan fingerprint density at radius 1 is 0.718 bits per heavy atom. The number of aryl methyl sites for hydroxylation is 2. The summed E-state index contributed by atoms with van der Waals surface area (Å²) in [6, 6.07) is 27.0. The molecule has 4 aromatic carbocycles. The van der Waals surface area contributed by atoms with Crippen molar-refractivity contribution in [2.45, 2.75) is 13.8 Å². The Kier molecular flexibility index (Phi) is 8.82. The van der Waals surface area contributed by atoms with E-state index in [2.05, 4.69) is 10.5 Å². The minimum atomic E-state index is -0.626. The average molecular weight is 523 g/mol. The number of nitrogens with zero attached hydrogens (tertiary/aromatic N) is 1. The first-order valence-electron chi connectivity index (χ1n) is 12.1. The molecule has 8 heteroatoms. The van der Waals surface area contributed by atoms with E-state index in [0.29, 0.717) is 22.4 Å². The van der Waals surface area contributed by atoms with E-state index in [9.17, 15) is 14.4 Å². The summed E-state index contributed by atoms with van der Waals surface area (Å²) in [5, 5.41) is 3.95. The molecular formula is C31H26N2O6. The Balaban J connectivity index is 1.45. The highest BCUT2D eigenvalue weighted by molar-refractivity contribution is 5.94. The second kappa shape index (κ2) is 12.8. The van der Waals surface area contributed by atoms with E-state index in [0.717, 1.165) is 11.1 Å². The van der Waals surface area contributed by atoms with Crippen LogP contribution in [0.1, 0.15) is 37.4 Å². The second-order valence-corrected chi connectivity index (χ2v) is 8.55. The molecule has 4 rings (SSSR count). The molecule has 1 N–H and O–H groups in total. The van der Waals surface area contributed by atoms with E-state index in [-0.39, 0.29) is 18.1 Å². The van der Waals surface area contributed by atoms with Gasteiger partial charge in [-0.2, -0.15) is 5.10 Å². The molecule has 0 fully saturated rings. The van der Waals surface area contributed by atoms with Crippen molar-refractivity contribution < 1.29 is 28.6 Å². The molecule has 0 atom stereocenters. The first-order valence-corrected chi connectivity index (χ1v) is 12.1. The second-order valence-electron chi connectivity index (χ2n) is 8.55. The zero-order valence-electron chi connectivity index (χ0n) is 21.4. The van der Waals surface area contributed by atoms with Crippen molar-refractivity contribution in [2.24, 2.45) is 5.10 Å². The summed E-state index contributed by atoms with van der Waals surface area (Å²) >= 11 is 0. The number of benzene rings is 4. The summed E-state index contributed by atoms with van der Waals surface area (Å²) in [4.78, 5) is 37.5. The number of amides is 1. The largest absolute Gasteiger partial charge is 0.484 e. The summed E-state index contributed by atoms with van der Waals surface area (Å²) in [6.45, 7) is 3.74. The molecule has 0 bridgehead atoms. The van der Waals surface area contributed by atoms with Crippen LogP contribution in [0.25, 0.3) is 0 Å². The van der Waals surface area contributed by atoms with Crippen LogP contribution >= 0.6 is 0 Å². The third-order valence-corrected chi connectivity index (χ3v) is 5.64. The van der Waals surface area contributed by atoms with E-state index < -0.39 is 17.8 Å². The lowest BCUT2D eigenvalue weighted by molar-refractivity contribution is -0.123. The topological polar surface area (TPSA) is 103 Å². The van der Waals surface area contributed by atoms with Gasteiger partial charge in [0.05, 0.1) is 17.3 Å². The molecule has 0 aliphatic heterocycles. The van der Waals surface area contributed by atoms with Gasteiger partial charge in [-0.15, -0.1) is 0 Å². The molecule has 0 saturated carbocycles. The van der Waals surface area contributed by atoms with Gasteiger partial charge in [0.1, 0.15) is 5.75 Å². The maximum Gasteiger partial charge on any atom is 0.343 e. The SMILES string of the molecule is Cc1ccc(OCC(=O)N/N=C\c2ccc(OC(=O)c3ccccc3)c(OC(=O)c3ccccc3)c2)cc1C. The van der Waals surface area contributed by atoms with Crippen LogP contribution in [0.4, 0.5) is 0 Å². The van der Waals surface area contributed by atoms with Crippen molar-refractivity contribution in [3.8, 4) is 17.2 Å². The van der Waals surface area contributed by atoms with Crippen molar-refractivity contribution in [3.05, 3.63) is 125 Å². The van der Waals surface area contributed by atoms with Gasteiger partial charge in [0.2, 0.25) is 0 Å². The number of hydrazone groups is 1. The number of hydrogen-bond acceptors (Lipinski definition) is 7. The molecule has 196 valence electrons. The monoisotopic (exact) mass is 522 g/mol. The Morgan fingerprint density at radius 3 is 1.95 bits per heavy atom. The summed E-state index contributed by atoms with van der Waals surface area (Å²) < 4.78 is 16.6. The number of hydrogen-bond donors (Lipinski definition) is 1. The Morgan fingerprint density at radius 2 is 1.33 bits per heavy atom. The summed E-state index contributed by atoms with van der Waals surface area (Å²) in [7, 11) is 0. The van der Waals surface area contributed by atoms with E-state index in [1.807, 2.05) is 26.0 Å². The third-order valence-electron chi connectivity index (χ3n) is 5.64. The lowest BCUT2D eigenvalue weighted by Crippen LogP contribution is -2.24. The smallest absolute Gasteiger partial charge is 0.343 e. The standard InChI is InChI=1S/C31H26N2O6/c1-21-13-15-26(17-22(21)2)37-20-29(34)33-32-19-23-14-16-27(38-30(35)24-9-5-3-6-10-24)28(18-23)39-31(36)25-11-7-4-8-12-25/h3-19H,20H2,1-2H3,(H,33,34)/b32-19-. The highest BCUT2D eigenvalue weighted by Crippen LogP contribution is 2.30. The van der Waals surface area contributed by atoms with Crippen molar-refractivity contribution in [3.63, 3.8) is 0 Å². The molecular weight excluding hydrogens is 496 g/mol. The van der Waals surface area contributed by atoms with Crippen LogP contribution in [0.5, 0.6) is 17.2 Å². The van der Waals surface area contributed by atoms with Gasteiger partial charge in [-0.1, -0.05) is 42.5 Å². The quantitative estimate of drug-likeness (QED) is 0.139. The van der Waals surface area contributed by atoms with Crippen molar-refractivity contribution in [1.82, 2.24) is 5.43 Å². The van der Waals surface area contributed by atoms with E-state index in [4.69, 9.17) is 14.2 Å². The number of ether oxygens (including phenoxy) is 3. The van der Waals surface area contributed by atoms with Crippen LogP contribution < -0.4 is 19.6 Å². The van der Waals surface area contributed by atoms with Gasteiger partial charge < -0.3 is 14.2 Å². The number of carbonyl (C=O) groups excluding carboxylic acids is 3. The number of carbonyl (C=O) groups is 3. The van der Waals surface area contributed by atoms with Crippen molar-refractivity contribution >= 4 is 24.1 Å². The molecule has 0 unspecified atom stereocenters. The lowest BCUT2D eigenvalue weighted by atomic mass is 10.1. The fourth-order valence-corrected chi connectivity index (χ4v) is 3.40. The van der Waals surface area contributed by atoms with Gasteiger partial charge in [-0.25, -0.2) is 15.0 Å². The van der Waals surface area contributed by atoms with Crippen LogP contribution in [0, 0.1) is 13.8 Å². The van der Waals surface area contributed by atoms with Crippen LogP contribution in [0.3, 0.4) is 0 Å². The maximum atomic E-state index is 12.7. The number of esters is 2. The van der Waals surface area contributed by atoms with Crippen molar-refractivity contribution in [2.75, 3.05) is 6.61 Å². The summed E-state index contributed by atoms with van der Waals surface area (Å²) in [5.41, 5.74) is 5.74. The van der Waals surface area contributed by atoms with E-state index >= 15 is 0 Å². The zero-order chi connectivity index (χ0) is 27.6. The molecule has 0 radical (unpaired) electrons. The Bertz CT molecular complexity index is 1500. The molecule has 0 aliphatic rings. The first-order chi connectivity index (χ1) is 18.9. The maximum absolute atomic E-state index is 12.7. The average Bonchev–Trinajstić information content (AvgIpc) is 2.96. The zero-order valence-corrected chi connectivity index (χ0v) is 21.4. The van der Waals surface area contributed by atoms with E-state index in [1.165, 1.54) is 18.3 Å². The molecule has 4 aromatic rings. The summed E-state index contributed by atoms with van der Waals surface area (Å²) in [6.07, 6.45) is 1.37. The summed E-state index contributed by atoms with van der Waals surface area (Å²) in [5.74, 6) is -1.03. The molecule has 8 nitrogen and oxygen atoms in total. The fraction of sp³-hybridized carbons (Fsp3) is 0.0968. The van der Waals surface area contributed by atoms with Gasteiger partial charge in [0, 0.05) is 0 Å². The number of rotatable bonds is 9. The third kappa shape index (κ3) is 7.62. The van der Waals surface area contributed by atoms with Gasteiger partial charge in [0.15, 0.2) is 18.1 Å².